The molecule has 0 bridgehead atoms. The highest BCUT2D eigenvalue weighted by Crippen LogP contribution is 2.42. The number of hydrogen-bond acceptors (Lipinski definition) is 2. The van der Waals surface area contributed by atoms with Gasteiger partial charge in [-0.2, -0.15) is 0 Å². The summed E-state index contributed by atoms with van der Waals surface area (Å²) >= 11 is 12.3. The summed E-state index contributed by atoms with van der Waals surface area (Å²) in [5, 5.41) is 6.48. The lowest BCUT2D eigenvalue weighted by Crippen LogP contribution is -2.42. The van der Waals surface area contributed by atoms with Gasteiger partial charge in [0.15, 0.2) is 0 Å². The van der Waals surface area contributed by atoms with E-state index in [1.165, 1.54) is 0 Å². The second kappa shape index (κ2) is 7.66. The molecule has 2 unspecified atom stereocenters. The highest BCUT2D eigenvalue weighted by molar-refractivity contribution is 6.42. The van der Waals surface area contributed by atoms with E-state index in [-0.39, 0.29) is 11.8 Å². The Balaban J connectivity index is 1.79. The van der Waals surface area contributed by atoms with E-state index in [1.54, 1.807) is 30.3 Å². The summed E-state index contributed by atoms with van der Waals surface area (Å²) < 4.78 is 0. The number of amides is 2. The van der Waals surface area contributed by atoms with E-state index in [0.717, 1.165) is 11.1 Å². The van der Waals surface area contributed by atoms with E-state index in [4.69, 9.17) is 23.2 Å². The first-order chi connectivity index (χ1) is 13.5. The minimum absolute atomic E-state index is 0.358. The second-order valence-corrected chi connectivity index (χ2v) is 7.38. The van der Waals surface area contributed by atoms with E-state index in [1.807, 2.05) is 42.5 Å². The number of nitrogens with one attached hydrogen (secondary N) is 2. The summed E-state index contributed by atoms with van der Waals surface area (Å²) in [6.07, 6.45) is 0. The third kappa shape index (κ3) is 3.49. The zero-order chi connectivity index (χ0) is 19.7. The van der Waals surface area contributed by atoms with E-state index in [0.29, 0.717) is 21.4 Å². The smallest absolute Gasteiger partial charge is 0.237 e. The number of rotatable bonds is 3. The predicted molar refractivity (Wildman–Crippen MR) is 112 cm³/mol. The van der Waals surface area contributed by atoms with Crippen molar-refractivity contribution in [3.8, 4) is 0 Å². The second-order valence-electron chi connectivity index (χ2n) is 6.56. The molecular weight excluding hydrogens is 395 g/mol. The number of para-hydroxylation sites is 2. The number of fused-ring (bicyclic) bond motifs is 1. The fourth-order valence-corrected chi connectivity index (χ4v) is 3.82. The molecule has 0 radical (unpaired) electrons. The minimum Gasteiger partial charge on any atom is -0.325 e. The normalized spacial score (nSPS) is 18.1. The van der Waals surface area contributed by atoms with Crippen LogP contribution in [0, 0.1) is 5.92 Å². The van der Waals surface area contributed by atoms with Crippen LogP contribution in [0.2, 0.25) is 10.0 Å². The van der Waals surface area contributed by atoms with Gasteiger partial charge in [-0.25, -0.2) is 0 Å². The van der Waals surface area contributed by atoms with Crippen molar-refractivity contribution in [2.24, 2.45) is 5.92 Å². The number of halogens is 2. The zero-order valence-corrected chi connectivity index (χ0v) is 16.2. The third-order valence-electron chi connectivity index (χ3n) is 4.80. The fraction of sp³-hybridized carbons (Fsp3) is 0.0909. The molecule has 1 aliphatic rings. The Morgan fingerprint density at radius 3 is 2.36 bits per heavy atom. The van der Waals surface area contributed by atoms with Gasteiger partial charge in [0.25, 0.3) is 0 Å². The molecule has 2 amide bonds. The van der Waals surface area contributed by atoms with Crippen LogP contribution >= 0.6 is 23.2 Å². The van der Waals surface area contributed by atoms with Gasteiger partial charge in [0.05, 0.1) is 10.0 Å². The molecule has 4 rings (SSSR count). The number of benzene rings is 3. The van der Waals surface area contributed by atoms with Crippen molar-refractivity contribution in [2.45, 2.75) is 5.92 Å². The Labute approximate surface area is 172 Å². The molecule has 3 aromatic carbocycles. The predicted octanol–water partition coefficient (Wildman–Crippen LogP) is 5.33. The van der Waals surface area contributed by atoms with Gasteiger partial charge < -0.3 is 10.6 Å². The van der Waals surface area contributed by atoms with Crippen LogP contribution in [0.4, 0.5) is 11.4 Å². The number of carbonyl (C=O) groups is 2. The van der Waals surface area contributed by atoms with Crippen molar-refractivity contribution in [3.63, 3.8) is 0 Å². The first-order valence-corrected chi connectivity index (χ1v) is 9.51. The van der Waals surface area contributed by atoms with Gasteiger partial charge in [-0.15, -0.1) is 0 Å². The Morgan fingerprint density at radius 2 is 1.61 bits per heavy atom. The van der Waals surface area contributed by atoms with E-state index >= 15 is 0 Å². The van der Waals surface area contributed by atoms with Gasteiger partial charge in [-0.1, -0.05) is 65.7 Å². The molecule has 1 heterocycles. The van der Waals surface area contributed by atoms with Crippen LogP contribution in [-0.2, 0) is 9.59 Å². The number of carbonyl (C=O) groups excluding carboxylic acids is 2. The summed E-state index contributed by atoms with van der Waals surface area (Å²) in [6, 6.07) is 21.7. The summed E-state index contributed by atoms with van der Waals surface area (Å²) in [7, 11) is 0. The molecule has 0 aromatic heterocycles. The van der Waals surface area contributed by atoms with Gasteiger partial charge in [0.1, 0.15) is 5.92 Å². The van der Waals surface area contributed by atoms with Gasteiger partial charge in [0, 0.05) is 17.3 Å². The standard InChI is InChI=1S/C22H16Cl2N2O2/c23-16-11-10-13(12-17(16)24)19-15-8-4-5-9-18(15)26-22(28)20(19)21(27)25-14-6-2-1-3-7-14/h1-12,19-20H,(H,25,27)(H,26,28). The summed E-state index contributed by atoms with van der Waals surface area (Å²) in [5.41, 5.74) is 2.93. The Morgan fingerprint density at radius 1 is 0.893 bits per heavy atom. The zero-order valence-electron chi connectivity index (χ0n) is 14.7. The van der Waals surface area contributed by atoms with Crippen LogP contribution in [0.25, 0.3) is 0 Å². The molecule has 2 N–H and O–H groups in total. The molecule has 6 heteroatoms. The molecule has 2 atom stereocenters. The lowest BCUT2D eigenvalue weighted by Gasteiger charge is -2.32. The van der Waals surface area contributed by atoms with Crippen LogP contribution in [0.1, 0.15) is 17.0 Å². The van der Waals surface area contributed by atoms with Crippen molar-refractivity contribution in [1.82, 2.24) is 0 Å². The van der Waals surface area contributed by atoms with E-state index in [9.17, 15) is 9.59 Å². The molecule has 0 aliphatic carbocycles. The van der Waals surface area contributed by atoms with Gasteiger partial charge in [0.2, 0.25) is 11.8 Å². The SMILES string of the molecule is O=C(Nc1ccccc1)C1C(=O)Nc2ccccc2C1c1ccc(Cl)c(Cl)c1. The van der Waals surface area contributed by atoms with Gasteiger partial charge >= 0.3 is 0 Å². The molecule has 0 spiro atoms. The molecule has 0 fully saturated rings. The maximum absolute atomic E-state index is 13.1. The van der Waals surface area contributed by atoms with Crippen molar-refractivity contribution in [1.29, 1.82) is 0 Å². The van der Waals surface area contributed by atoms with Crippen molar-refractivity contribution < 1.29 is 9.59 Å². The summed E-state index contributed by atoms with van der Waals surface area (Å²) in [6.45, 7) is 0. The highest BCUT2D eigenvalue weighted by Gasteiger charge is 2.41. The summed E-state index contributed by atoms with van der Waals surface area (Å²) in [5.74, 6) is -2.17. The molecular formula is C22H16Cl2N2O2. The quantitative estimate of drug-likeness (QED) is 0.573. The first kappa shape index (κ1) is 18.5. The van der Waals surface area contributed by atoms with Crippen molar-refractivity contribution >= 4 is 46.4 Å². The average molecular weight is 411 g/mol. The maximum Gasteiger partial charge on any atom is 0.237 e. The van der Waals surface area contributed by atoms with Crippen LogP contribution in [0.15, 0.2) is 72.8 Å². The van der Waals surface area contributed by atoms with E-state index in [2.05, 4.69) is 10.6 Å². The Kier molecular flexibility index (Phi) is 5.07. The van der Waals surface area contributed by atoms with Crippen LogP contribution in [0.3, 0.4) is 0 Å². The lowest BCUT2D eigenvalue weighted by molar-refractivity contribution is -0.130. The molecule has 28 heavy (non-hydrogen) atoms. The number of anilines is 2. The molecule has 140 valence electrons. The first-order valence-electron chi connectivity index (χ1n) is 8.75. The molecule has 0 saturated heterocycles. The van der Waals surface area contributed by atoms with Gasteiger partial charge in [-0.05, 0) is 41.5 Å². The van der Waals surface area contributed by atoms with Crippen LogP contribution < -0.4 is 10.6 Å². The monoisotopic (exact) mass is 410 g/mol. The largest absolute Gasteiger partial charge is 0.325 e. The highest BCUT2D eigenvalue weighted by atomic mass is 35.5. The topological polar surface area (TPSA) is 58.2 Å². The fourth-order valence-electron chi connectivity index (χ4n) is 3.51. The van der Waals surface area contributed by atoms with Gasteiger partial charge in [-0.3, -0.25) is 9.59 Å². The number of hydrogen-bond donors (Lipinski definition) is 2. The molecule has 3 aromatic rings. The van der Waals surface area contributed by atoms with Crippen LogP contribution in [-0.4, -0.2) is 11.8 Å². The molecule has 4 nitrogen and oxygen atoms in total. The van der Waals surface area contributed by atoms with E-state index < -0.39 is 11.8 Å². The Bertz CT molecular complexity index is 1050. The minimum atomic E-state index is -0.952. The Hall–Kier alpha value is -2.82. The molecule has 1 aliphatic heterocycles. The molecule has 0 saturated carbocycles. The summed E-state index contributed by atoms with van der Waals surface area (Å²) in [4.78, 5) is 26.0. The van der Waals surface area contributed by atoms with Crippen LogP contribution in [0.5, 0.6) is 0 Å². The third-order valence-corrected chi connectivity index (χ3v) is 5.54. The lowest BCUT2D eigenvalue weighted by atomic mass is 9.76. The maximum atomic E-state index is 13.1. The average Bonchev–Trinajstić information content (AvgIpc) is 2.69. The van der Waals surface area contributed by atoms with Crippen molar-refractivity contribution in [2.75, 3.05) is 10.6 Å². The van der Waals surface area contributed by atoms with Crippen molar-refractivity contribution in [3.05, 3.63) is 94.0 Å².